The van der Waals surface area contributed by atoms with Crippen LogP contribution in [0.15, 0.2) is 23.5 Å². The third-order valence-electron chi connectivity index (χ3n) is 3.41. The summed E-state index contributed by atoms with van der Waals surface area (Å²) in [6.07, 6.45) is 3.67. The molecule has 0 saturated heterocycles. The SMILES string of the molecule is C=CCC(NC(=O)OC(C)(C)C)c1nc(Br)cn1COCC[Si](C)(C)C. The maximum Gasteiger partial charge on any atom is 0.408 e. The summed E-state index contributed by atoms with van der Waals surface area (Å²) in [6, 6.07) is 0.763. The molecule has 1 aromatic rings. The predicted octanol–water partition coefficient (Wildman–Crippen LogP) is 5.10. The van der Waals surface area contributed by atoms with Gasteiger partial charge < -0.3 is 19.4 Å². The van der Waals surface area contributed by atoms with Crippen molar-refractivity contribution >= 4 is 30.1 Å². The lowest BCUT2D eigenvalue weighted by Crippen LogP contribution is -2.36. The van der Waals surface area contributed by atoms with E-state index >= 15 is 0 Å². The summed E-state index contributed by atoms with van der Waals surface area (Å²) in [5.74, 6) is 0.704. The number of nitrogens with one attached hydrogen (secondary N) is 1. The molecule has 0 radical (unpaired) electrons. The number of imidazole rings is 1. The first kappa shape index (κ1) is 22.9. The zero-order valence-electron chi connectivity index (χ0n) is 16.8. The van der Waals surface area contributed by atoms with E-state index in [2.05, 4.69) is 52.5 Å². The average Bonchev–Trinajstić information content (AvgIpc) is 2.81. The summed E-state index contributed by atoms with van der Waals surface area (Å²) in [6.45, 7) is 17.3. The normalized spacial score (nSPS) is 13.3. The second kappa shape index (κ2) is 9.71. The Labute approximate surface area is 166 Å². The Bertz CT molecular complexity index is 606. The minimum atomic E-state index is -1.13. The van der Waals surface area contributed by atoms with Crippen LogP contribution in [0, 0.1) is 0 Å². The Hall–Kier alpha value is -1.12. The van der Waals surface area contributed by atoms with Crippen molar-refractivity contribution in [2.24, 2.45) is 0 Å². The van der Waals surface area contributed by atoms with Crippen molar-refractivity contribution in [1.29, 1.82) is 0 Å². The van der Waals surface area contributed by atoms with E-state index in [0.29, 0.717) is 23.6 Å². The molecule has 0 fully saturated rings. The molecule has 1 heterocycles. The fourth-order valence-corrected chi connectivity index (χ4v) is 3.35. The number of rotatable bonds is 9. The standard InChI is InChI=1S/C18H32BrN3O3Si/c1-8-9-14(20-17(23)25-18(2,3)4)16-21-15(19)12-22(16)13-24-10-11-26(5,6)7/h8,12,14H,1,9-11,13H2,2-7H3,(H,20,23). The molecule has 1 aromatic heterocycles. The van der Waals surface area contributed by atoms with Gasteiger partial charge in [-0.05, 0) is 49.2 Å². The quantitative estimate of drug-likeness (QED) is 0.326. The number of hydrogen-bond acceptors (Lipinski definition) is 4. The van der Waals surface area contributed by atoms with Crippen LogP contribution in [0.1, 0.15) is 39.1 Å². The van der Waals surface area contributed by atoms with Gasteiger partial charge in [0.25, 0.3) is 0 Å². The minimum Gasteiger partial charge on any atom is -0.444 e. The highest BCUT2D eigenvalue weighted by atomic mass is 79.9. The first-order valence-corrected chi connectivity index (χ1v) is 13.3. The number of amides is 1. The van der Waals surface area contributed by atoms with Crippen LogP contribution < -0.4 is 5.32 Å². The molecule has 8 heteroatoms. The second-order valence-electron chi connectivity index (χ2n) is 8.46. The first-order chi connectivity index (χ1) is 11.9. The highest BCUT2D eigenvalue weighted by Gasteiger charge is 2.23. The fourth-order valence-electron chi connectivity index (χ4n) is 2.17. The van der Waals surface area contributed by atoms with E-state index in [0.717, 1.165) is 12.7 Å². The first-order valence-electron chi connectivity index (χ1n) is 8.82. The summed E-state index contributed by atoms with van der Waals surface area (Å²) in [5.41, 5.74) is -0.557. The minimum absolute atomic E-state index is 0.339. The highest BCUT2D eigenvalue weighted by molar-refractivity contribution is 9.10. The molecular weight excluding hydrogens is 414 g/mol. The smallest absolute Gasteiger partial charge is 0.408 e. The predicted molar refractivity (Wildman–Crippen MR) is 111 cm³/mol. The number of carbonyl (C=O) groups excluding carboxylic acids is 1. The third kappa shape index (κ3) is 9.00. The molecule has 6 nitrogen and oxygen atoms in total. The number of ether oxygens (including phenoxy) is 2. The molecule has 1 N–H and O–H groups in total. The Morgan fingerprint density at radius 3 is 2.65 bits per heavy atom. The summed E-state index contributed by atoms with van der Waals surface area (Å²) >= 11 is 3.41. The van der Waals surface area contributed by atoms with Gasteiger partial charge in [0.05, 0.1) is 6.04 Å². The highest BCUT2D eigenvalue weighted by Crippen LogP contribution is 2.21. The number of alkyl carbamates (subject to hydrolysis) is 1. The number of carbonyl (C=O) groups is 1. The molecule has 148 valence electrons. The number of halogens is 1. The van der Waals surface area contributed by atoms with Crippen molar-refractivity contribution in [3.8, 4) is 0 Å². The molecule has 1 amide bonds. The van der Waals surface area contributed by atoms with Crippen LogP contribution in [0.2, 0.25) is 25.7 Å². The second-order valence-corrected chi connectivity index (χ2v) is 14.9. The number of hydrogen-bond donors (Lipinski definition) is 1. The molecule has 0 aliphatic heterocycles. The van der Waals surface area contributed by atoms with Gasteiger partial charge in [0.2, 0.25) is 0 Å². The molecule has 0 saturated carbocycles. The topological polar surface area (TPSA) is 65.4 Å². The molecular formula is C18H32BrN3O3Si. The molecule has 26 heavy (non-hydrogen) atoms. The molecule has 0 aliphatic rings. The van der Waals surface area contributed by atoms with Gasteiger partial charge >= 0.3 is 6.09 Å². The lowest BCUT2D eigenvalue weighted by molar-refractivity contribution is 0.0492. The van der Waals surface area contributed by atoms with Crippen molar-refractivity contribution < 1.29 is 14.3 Å². The van der Waals surface area contributed by atoms with Gasteiger partial charge in [-0.25, -0.2) is 9.78 Å². The summed E-state index contributed by atoms with van der Waals surface area (Å²) in [4.78, 5) is 16.7. The Kier molecular flexibility index (Phi) is 8.56. The van der Waals surface area contributed by atoms with E-state index in [1.165, 1.54) is 0 Å². The van der Waals surface area contributed by atoms with Crippen LogP contribution in [0.4, 0.5) is 4.79 Å². The van der Waals surface area contributed by atoms with Crippen LogP contribution in [-0.4, -0.2) is 35.9 Å². The number of nitrogens with zero attached hydrogens (tertiary/aromatic N) is 2. The van der Waals surface area contributed by atoms with Gasteiger partial charge in [0, 0.05) is 20.9 Å². The van der Waals surface area contributed by atoms with Gasteiger partial charge in [-0.2, -0.15) is 0 Å². The number of aromatic nitrogens is 2. The monoisotopic (exact) mass is 445 g/mol. The largest absolute Gasteiger partial charge is 0.444 e. The van der Waals surface area contributed by atoms with Gasteiger partial charge in [-0.15, -0.1) is 6.58 Å². The molecule has 0 aliphatic carbocycles. The molecule has 0 aromatic carbocycles. The zero-order valence-corrected chi connectivity index (χ0v) is 19.4. The van der Waals surface area contributed by atoms with Crippen LogP contribution in [0.3, 0.4) is 0 Å². The van der Waals surface area contributed by atoms with E-state index in [4.69, 9.17) is 9.47 Å². The third-order valence-corrected chi connectivity index (χ3v) is 5.50. The van der Waals surface area contributed by atoms with E-state index in [1.54, 1.807) is 6.08 Å². The van der Waals surface area contributed by atoms with E-state index in [9.17, 15) is 4.79 Å². The Morgan fingerprint density at radius 2 is 2.12 bits per heavy atom. The molecule has 1 atom stereocenters. The maximum atomic E-state index is 12.2. The summed E-state index contributed by atoms with van der Waals surface area (Å²) in [5, 5.41) is 2.87. The van der Waals surface area contributed by atoms with Crippen molar-refractivity contribution in [2.75, 3.05) is 6.61 Å². The molecule has 0 bridgehead atoms. The molecule has 0 spiro atoms. The van der Waals surface area contributed by atoms with Gasteiger partial charge in [-0.3, -0.25) is 0 Å². The lowest BCUT2D eigenvalue weighted by Gasteiger charge is -2.23. The van der Waals surface area contributed by atoms with Gasteiger partial charge in [0.15, 0.2) is 0 Å². The van der Waals surface area contributed by atoms with Crippen LogP contribution in [-0.2, 0) is 16.2 Å². The van der Waals surface area contributed by atoms with Crippen molar-refractivity contribution in [3.63, 3.8) is 0 Å². The van der Waals surface area contributed by atoms with E-state index < -0.39 is 19.8 Å². The van der Waals surface area contributed by atoms with Crippen molar-refractivity contribution in [1.82, 2.24) is 14.9 Å². The maximum absolute atomic E-state index is 12.2. The average molecular weight is 446 g/mol. The van der Waals surface area contributed by atoms with Crippen molar-refractivity contribution in [3.05, 3.63) is 29.3 Å². The zero-order chi connectivity index (χ0) is 20.0. The fraction of sp³-hybridized carbons (Fsp3) is 0.667. The van der Waals surface area contributed by atoms with E-state index in [1.807, 2.05) is 31.5 Å². The van der Waals surface area contributed by atoms with Crippen LogP contribution in [0.5, 0.6) is 0 Å². The lowest BCUT2D eigenvalue weighted by atomic mass is 10.2. The van der Waals surface area contributed by atoms with Gasteiger partial charge in [0.1, 0.15) is 22.8 Å². The summed E-state index contributed by atoms with van der Waals surface area (Å²) in [7, 11) is -1.13. The summed E-state index contributed by atoms with van der Waals surface area (Å²) < 4.78 is 13.8. The Morgan fingerprint density at radius 1 is 1.46 bits per heavy atom. The van der Waals surface area contributed by atoms with Crippen molar-refractivity contribution in [2.45, 2.75) is 71.3 Å². The van der Waals surface area contributed by atoms with Crippen LogP contribution in [0.25, 0.3) is 0 Å². The van der Waals surface area contributed by atoms with Crippen LogP contribution >= 0.6 is 15.9 Å². The van der Waals surface area contributed by atoms with E-state index in [-0.39, 0.29) is 6.04 Å². The van der Waals surface area contributed by atoms with Gasteiger partial charge in [-0.1, -0.05) is 25.7 Å². The Balaban J connectivity index is 2.81. The molecule has 1 rings (SSSR count). The molecule has 1 unspecified atom stereocenters.